The van der Waals surface area contributed by atoms with Crippen LogP contribution in [0, 0.1) is 5.92 Å². The molecule has 0 spiro atoms. The van der Waals surface area contributed by atoms with Crippen molar-refractivity contribution in [2.75, 3.05) is 11.0 Å². The number of rotatable bonds is 6. The Morgan fingerprint density at radius 3 is 2.41 bits per heavy atom. The lowest BCUT2D eigenvalue weighted by atomic mass is 9.67. The van der Waals surface area contributed by atoms with Gasteiger partial charge >= 0.3 is 6.09 Å². The van der Waals surface area contributed by atoms with Crippen LogP contribution >= 0.6 is 0 Å². The normalized spacial score (nSPS) is 19.1. The summed E-state index contributed by atoms with van der Waals surface area (Å²) in [7, 11) is -3.42. The van der Waals surface area contributed by atoms with E-state index in [1.54, 1.807) is 12.3 Å². The van der Waals surface area contributed by atoms with Crippen LogP contribution in [-0.2, 0) is 14.8 Å². The smallest absolute Gasteiger partial charge is 0.408 e. The second-order valence-electron chi connectivity index (χ2n) is 11.7. The highest BCUT2D eigenvalue weighted by molar-refractivity contribution is 7.92. The van der Waals surface area contributed by atoms with Crippen LogP contribution in [0.25, 0.3) is 22.5 Å². The zero-order valence-corrected chi connectivity index (χ0v) is 23.9. The molecule has 1 fully saturated rings. The molecule has 1 aromatic carbocycles. The van der Waals surface area contributed by atoms with Crippen molar-refractivity contribution < 1.29 is 17.9 Å². The van der Waals surface area contributed by atoms with E-state index in [0.29, 0.717) is 5.69 Å². The summed E-state index contributed by atoms with van der Waals surface area (Å²) in [6.45, 7) is 7.80. The molecule has 1 amide bonds. The third-order valence-corrected chi connectivity index (χ3v) is 7.93. The largest absolute Gasteiger partial charge is 0.444 e. The average molecular weight is 549 g/mol. The minimum Gasteiger partial charge on any atom is -0.444 e. The Morgan fingerprint density at radius 2 is 1.82 bits per heavy atom. The van der Waals surface area contributed by atoms with E-state index in [9.17, 15) is 13.2 Å². The molecule has 3 aromatic rings. The number of pyridine rings is 1. The average Bonchev–Trinajstić information content (AvgIpc) is 3.18. The molecule has 1 unspecified atom stereocenters. The zero-order chi connectivity index (χ0) is 28.0. The highest BCUT2D eigenvalue weighted by atomic mass is 32.2. The van der Waals surface area contributed by atoms with Crippen LogP contribution in [0.3, 0.4) is 0 Å². The number of fused-ring (bicyclic) bond motifs is 1. The number of anilines is 1. The molecule has 0 aliphatic heterocycles. The molecule has 2 N–H and O–H groups in total. The standard InChI is InChI=1S/C30H36N4O4S/c1-20-18-22(30(16-9-17-30)32-28(35)38-29(2,3)4)12-14-24(20)26-27(21-10-7-6-8-11-21)34-19-23(33-39(5,36)37)13-15-25(34)31-26/h6-8,10-15,19-20,33H,9,16-18H2,1-5H3,(H,32,35). The van der Waals surface area contributed by atoms with Gasteiger partial charge in [0.2, 0.25) is 10.0 Å². The maximum atomic E-state index is 12.7. The molecule has 206 valence electrons. The predicted molar refractivity (Wildman–Crippen MR) is 155 cm³/mol. The Bertz CT molecular complexity index is 1580. The lowest BCUT2D eigenvalue weighted by Gasteiger charge is -2.46. The van der Waals surface area contributed by atoms with Gasteiger partial charge in [-0.3, -0.25) is 9.12 Å². The number of nitrogens with one attached hydrogen (secondary N) is 2. The first kappa shape index (κ1) is 27.0. The van der Waals surface area contributed by atoms with Crippen LogP contribution in [-0.4, -0.2) is 41.3 Å². The van der Waals surface area contributed by atoms with E-state index in [0.717, 1.165) is 60.1 Å². The topological polar surface area (TPSA) is 102 Å². The van der Waals surface area contributed by atoms with Crippen molar-refractivity contribution in [1.82, 2.24) is 14.7 Å². The molecule has 8 nitrogen and oxygen atoms in total. The van der Waals surface area contributed by atoms with Gasteiger partial charge in [0.05, 0.1) is 28.9 Å². The monoisotopic (exact) mass is 548 g/mol. The summed E-state index contributed by atoms with van der Waals surface area (Å²) in [5.41, 5.74) is 5.35. The minimum absolute atomic E-state index is 0.156. The number of alkyl carbamates (subject to hydrolysis) is 1. The van der Waals surface area contributed by atoms with Gasteiger partial charge in [-0.2, -0.15) is 0 Å². The van der Waals surface area contributed by atoms with Gasteiger partial charge in [0.15, 0.2) is 0 Å². The number of benzene rings is 1. The first-order valence-corrected chi connectivity index (χ1v) is 15.2. The number of sulfonamides is 1. The molecule has 9 heteroatoms. The van der Waals surface area contributed by atoms with E-state index < -0.39 is 15.6 Å². The maximum absolute atomic E-state index is 12.7. The van der Waals surface area contributed by atoms with E-state index in [1.165, 1.54) is 5.57 Å². The second kappa shape index (κ2) is 9.86. The van der Waals surface area contributed by atoms with Crippen LogP contribution in [0.2, 0.25) is 0 Å². The number of hydrogen-bond donors (Lipinski definition) is 2. The van der Waals surface area contributed by atoms with Gasteiger partial charge in [-0.25, -0.2) is 18.2 Å². The van der Waals surface area contributed by atoms with Gasteiger partial charge in [-0.1, -0.05) is 49.4 Å². The van der Waals surface area contributed by atoms with Crippen LogP contribution in [0.5, 0.6) is 0 Å². The predicted octanol–water partition coefficient (Wildman–Crippen LogP) is 6.17. The second-order valence-corrected chi connectivity index (χ2v) is 13.4. The van der Waals surface area contributed by atoms with Crippen LogP contribution in [0.4, 0.5) is 10.5 Å². The van der Waals surface area contributed by atoms with Crippen molar-refractivity contribution in [3.63, 3.8) is 0 Å². The van der Waals surface area contributed by atoms with E-state index in [-0.39, 0.29) is 17.6 Å². The SMILES string of the molecule is CC1CC(C2(NC(=O)OC(C)(C)C)CCC2)=CC=C1c1nc2ccc(NS(C)(=O)=O)cn2c1-c1ccccc1. The number of hydrogen-bond acceptors (Lipinski definition) is 5. The lowest BCUT2D eigenvalue weighted by molar-refractivity contribution is 0.0417. The Labute approximate surface area is 230 Å². The molecule has 0 saturated heterocycles. The summed E-state index contributed by atoms with van der Waals surface area (Å²) in [5.74, 6) is 0.156. The van der Waals surface area contributed by atoms with Crippen molar-refractivity contribution in [3.05, 3.63) is 72.1 Å². The van der Waals surface area contributed by atoms with Crippen molar-refractivity contribution >= 4 is 33.0 Å². The Hall–Kier alpha value is -3.59. The van der Waals surface area contributed by atoms with Gasteiger partial charge in [0, 0.05) is 11.8 Å². The summed E-state index contributed by atoms with van der Waals surface area (Å²) in [4.78, 5) is 17.7. The van der Waals surface area contributed by atoms with Crippen molar-refractivity contribution in [3.8, 4) is 11.3 Å². The van der Waals surface area contributed by atoms with Crippen molar-refractivity contribution in [2.24, 2.45) is 5.92 Å². The number of aromatic nitrogens is 2. The number of carbonyl (C=O) groups is 1. The van der Waals surface area contributed by atoms with Gasteiger partial charge in [-0.05, 0) is 75.7 Å². The number of imidazole rings is 1. The van der Waals surface area contributed by atoms with E-state index >= 15 is 0 Å². The molecule has 2 heterocycles. The fraction of sp³-hybridized carbons (Fsp3) is 0.400. The molecule has 2 aliphatic rings. The number of ether oxygens (including phenoxy) is 1. The fourth-order valence-corrected chi connectivity index (χ4v) is 6.03. The Balaban J connectivity index is 1.56. The number of carbonyl (C=O) groups excluding carboxylic acids is 1. The van der Waals surface area contributed by atoms with Crippen molar-refractivity contribution in [1.29, 1.82) is 0 Å². The molecule has 5 rings (SSSR count). The van der Waals surface area contributed by atoms with E-state index in [1.807, 2.05) is 61.6 Å². The molecule has 1 saturated carbocycles. The maximum Gasteiger partial charge on any atom is 0.408 e. The molecule has 1 atom stereocenters. The van der Waals surface area contributed by atoms with Crippen LogP contribution in [0.1, 0.15) is 59.1 Å². The van der Waals surface area contributed by atoms with E-state index in [4.69, 9.17) is 9.72 Å². The molecular formula is C30H36N4O4S. The number of allylic oxidation sites excluding steroid dienone is 3. The molecule has 2 aromatic heterocycles. The fourth-order valence-electron chi connectivity index (χ4n) is 5.48. The van der Waals surface area contributed by atoms with Crippen LogP contribution in [0.15, 0.2) is 66.4 Å². The molecule has 0 bridgehead atoms. The molecule has 39 heavy (non-hydrogen) atoms. The van der Waals surface area contributed by atoms with Gasteiger partial charge in [0.1, 0.15) is 11.2 Å². The molecule has 2 aliphatic carbocycles. The Kier molecular flexibility index (Phi) is 6.83. The number of nitrogens with zero attached hydrogens (tertiary/aromatic N) is 2. The minimum atomic E-state index is -3.42. The Morgan fingerprint density at radius 1 is 1.10 bits per heavy atom. The molecule has 0 radical (unpaired) electrons. The summed E-state index contributed by atoms with van der Waals surface area (Å²) in [6, 6.07) is 13.6. The quantitative estimate of drug-likeness (QED) is 0.384. The third kappa shape index (κ3) is 5.73. The summed E-state index contributed by atoms with van der Waals surface area (Å²) in [6.07, 6.45) is 10.5. The van der Waals surface area contributed by atoms with Gasteiger partial charge in [-0.15, -0.1) is 0 Å². The first-order valence-electron chi connectivity index (χ1n) is 13.3. The zero-order valence-electron chi connectivity index (χ0n) is 23.1. The third-order valence-electron chi connectivity index (χ3n) is 7.33. The highest BCUT2D eigenvalue weighted by Gasteiger charge is 2.44. The number of amides is 1. The highest BCUT2D eigenvalue weighted by Crippen LogP contribution is 2.46. The summed E-state index contributed by atoms with van der Waals surface area (Å²) < 4.78 is 33.8. The first-order chi connectivity index (χ1) is 18.3. The summed E-state index contributed by atoms with van der Waals surface area (Å²) in [5, 5.41) is 3.18. The van der Waals surface area contributed by atoms with E-state index in [2.05, 4.69) is 29.1 Å². The van der Waals surface area contributed by atoms with Gasteiger partial charge in [0.25, 0.3) is 0 Å². The lowest BCUT2D eigenvalue weighted by Crippen LogP contribution is -2.56. The molecular weight excluding hydrogens is 512 g/mol. The van der Waals surface area contributed by atoms with Crippen LogP contribution < -0.4 is 10.0 Å². The van der Waals surface area contributed by atoms with Crippen molar-refractivity contribution in [2.45, 2.75) is 64.5 Å². The summed E-state index contributed by atoms with van der Waals surface area (Å²) >= 11 is 0. The van der Waals surface area contributed by atoms with Gasteiger partial charge < -0.3 is 10.1 Å².